The van der Waals surface area contributed by atoms with Gasteiger partial charge in [-0.05, 0) is 44.9 Å². The molecule has 0 aromatic rings. The van der Waals surface area contributed by atoms with Crippen LogP contribution in [-0.2, 0) is 19.1 Å². The van der Waals surface area contributed by atoms with E-state index in [-0.39, 0.29) is 0 Å². The van der Waals surface area contributed by atoms with E-state index in [1.165, 1.54) is 6.92 Å². The van der Waals surface area contributed by atoms with Crippen LogP contribution < -0.4 is 0 Å². The van der Waals surface area contributed by atoms with Crippen molar-refractivity contribution in [3.8, 4) is 0 Å². The van der Waals surface area contributed by atoms with Gasteiger partial charge in [0.05, 0.1) is 10.1 Å². The van der Waals surface area contributed by atoms with E-state index < -0.39 is 18.0 Å². The Hall–Kier alpha value is -0.370. The van der Waals surface area contributed by atoms with Crippen molar-refractivity contribution in [3.05, 3.63) is 19.9 Å². The Bertz CT molecular complexity index is 400. The minimum atomic E-state index is -0.548. The first-order valence-electron chi connectivity index (χ1n) is 5.11. The number of hydrogen-bond donors (Lipinski definition) is 0. The Labute approximate surface area is 122 Å². The summed E-state index contributed by atoms with van der Waals surface area (Å²) < 4.78 is 12.4. The molecule has 0 N–H and O–H groups in total. The maximum atomic E-state index is 11.7. The molecule has 0 spiro atoms. The highest BCUT2D eigenvalue weighted by Crippen LogP contribution is 2.35. The predicted octanol–water partition coefficient (Wildman–Crippen LogP) is 3.20. The minimum absolute atomic E-state index is 0.380. The molecule has 1 unspecified atom stereocenters. The second kappa shape index (κ2) is 6.53. The second-order valence-corrected chi connectivity index (χ2v) is 4.89. The summed E-state index contributed by atoms with van der Waals surface area (Å²) in [6.45, 7) is 3.28. The van der Waals surface area contributed by atoms with E-state index in [4.69, 9.17) is 9.47 Å². The van der Waals surface area contributed by atoms with Crippen molar-refractivity contribution in [3.63, 3.8) is 0 Å². The topological polar surface area (TPSA) is 52.6 Å². The van der Waals surface area contributed by atoms with Gasteiger partial charge in [0.15, 0.2) is 5.76 Å². The lowest BCUT2D eigenvalue weighted by molar-refractivity contribution is -0.146. The molecular formula is C11H12BrIO4. The molecule has 0 aliphatic carbocycles. The van der Waals surface area contributed by atoms with E-state index in [1.54, 1.807) is 4.08 Å². The third-order valence-corrected chi connectivity index (χ3v) is 3.54. The van der Waals surface area contributed by atoms with Crippen molar-refractivity contribution >= 4 is 50.5 Å². The fourth-order valence-corrected chi connectivity index (χ4v) is 2.97. The van der Waals surface area contributed by atoms with Crippen LogP contribution in [0.1, 0.15) is 26.7 Å². The van der Waals surface area contributed by atoms with E-state index in [0.717, 1.165) is 6.42 Å². The first kappa shape index (κ1) is 14.7. The molecule has 1 rings (SSSR count). The molecule has 0 radical (unpaired) electrons. The zero-order valence-electron chi connectivity index (χ0n) is 9.46. The molecule has 0 aromatic carbocycles. The standard InChI is InChI=1S/C11H12BrIO4/c1-3-4-7(16-6(2)14)9-10(12)8(5-13)17-11(9)15/h5,7H,3-4H2,1-2H3. The lowest BCUT2D eigenvalue weighted by Crippen LogP contribution is -2.22. The predicted molar refractivity (Wildman–Crippen MR) is 74.6 cm³/mol. The van der Waals surface area contributed by atoms with E-state index >= 15 is 0 Å². The summed E-state index contributed by atoms with van der Waals surface area (Å²) in [6, 6.07) is 0. The summed E-state index contributed by atoms with van der Waals surface area (Å²) in [5, 5.41) is 0. The Balaban J connectivity index is 3.04. The Morgan fingerprint density at radius 3 is 2.71 bits per heavy atom. The first-order valence-corrected chi connectivity index (χ1v) is 7.14. The number of esters is 2. The second-order valence-electron chi connectivity index (χ2n) is 3.48. The van der Waals surface area contributed by atoms with Crippen molar-refractivity contribution in [1.82, 2.24) is 0 Å². The van der Waals surface area contributed by atoms with Gasteiger partial charge < -0.3 is 9.47 Å². The van der Waals surface area contributed by atoms with E-state index in [1.807, 2.05) is 29.5 Å². The van der Waals surface area contributed by atoms with Gasteiger partial charge in [-0.15, -0.1) is 0 Å². The Morgan fingerprint density at radius 2 is 2.29 bits per heavy atom. The minimum Gasteiger partial charge on any atom is -0.457 e. The Morgan fingerprint density at radius 1 is 1.65 bits per heavy atom. The summed E-state index contributed by atoms with van der Waals surface area (Å²) in [6.07, 6.45) is 0.847. The number of allylic oxidation sites excluding steroid dienone is 1. The molecule has 0 amide bonds. The van der Waals surface area contributed by atoms with Crippen LogP contribution >= 0.6 is 38.5 Å². The van der Waals surface area contributed by atoms with Gasteiger partial charge >= 0.3 is 11.9 Å². The average molecular weight is 415 g/mol. The number of carbonyl (C=O) groups excluding carboxylic acids is 2. The highest BCUT2D eigenvalue weighted by atomic mass is 127. The van der Waals surface area contributed by atoms with Crippen molar-refractivity contribution in [2.75, 3.05) is 0 Å². The van der Waals surface area contributed by atoms with Crippen LogP contribution in [0.15, 0.2) is 19.9 Å². The van der Waals surface area contributed by atoms with Gasteiger partial charge in [0.1, 0.15) is 6.10 Å². The van der Waals surface area contributed by atoms with Gasteiger partial charge in [-0.3, -0.25) is 4.79 Å². The molecule has 1 aliphatic rings. The molecule has 0 bridgehead atoms. The van der Waals surface area contributed by atoms with Crippen molar-refractivity contribution in [1.29, 1.82) is 0 Å². The molecule has 1 atom stereocenters. The van der Waals surface area contributed by atoms with E-state index in [2.05, 4.69) is 15.9 Å². The number of carbonyl (C=O) groups is 2. The zero-order valence-corrected chi connectivity index (χ0v) is 13.2. The molecule has 6 heteroatoms. The number of ether oxygens (including phenoxy) is 2. The summed E-state index contributed by atoms with van der Waals surface area (Å²) in [4.78, 5) is 22.7. The summed E-state index contributed by atoms with van der Waals surface area (Å²) in [5.74, 6) is -0.408. The summed E-state index contributed by atoms with van der Waals surface area (Å²) >= 11 is 5.29. The number of cyclic esters (lactones) is 1. The summed E-state index contributed by atoms with van der Waals surface area (Å²) in [7, 11) is 0. The van der Waals surface area contributed by atoms with Crippen LogP contribution in [0.5, 0.6) is 0 Å². The molecular weight excluding hydrogens is 403 g/mol. The van der Waals surface area contributed by atoms with Gasteiger partial charge in [-0.25, -0.2) is 4.79 Å². The Kier molecular flexibility index (Phi) is 5.64. The van der Waals surface area contributed by atoms with Crippen LogP contribution in [-0.4, -0.2) is 18.0 Å². The zero-order chi connectivity index (χ0) is 13.0. The maximum Gasteiger partial charge on any atom is 0.344 e. The number of rotatable bonds is 4. The van der Waals surface area contributed by atoms with Gasteiger partial charge in [0, 0.05) is 11.0 Å². The van der Waals surface area contributed by atoms with Crippen molar-refractivity contribution in [2.24, 2.45) is 0 Å². The highest BCUT2D eigenvalue weighted by Gasteiger charge is 2.35. The van der Waals surface area contributed by atoms with Crippen LogP contribution in [0.3, 0.4) is 0 Å². The van der Waals surface area contributed by atoms with Crippen molar-refractivity contribution < 1.29 is 19.1 Å². The average Bonchev–Trinajstić information content (AvgIpc) is 2.52. The normalized spacial score (nSPS) is 19.5. The monoisotopic (exact) mass is 414 g/mol. The summed E-state index contributed by atoms with van der Waals surface area (Å²) in [5.41, 5.74) is 0.380. The van der Waals surface area contributed by atoms with Crippen LogP contribution in [0.25, 0.3) is 0 Å². The smallest absolute Gasteiger partial charge is 0.344 e. The first-order chi connectivity index (χ1) is 8.01. The lowest BCUT2D eigenvalue weighted by Gasteiger charge is -2.15. The lowest BCUT2D eigenvalue weighted by atomic mass is 10.1. The SMILES string of the molecule is CCCC(OC(C)=O)C1=C(Br)C(=CI)OC1=O. The van der Waals surface area contributed by atoms with Gasteiger partial charge in [-0.2, -0.15) is 0 Å². The van der Waals surface area contributed by atoms with Crippen LogP contribution in [0, 0.1) is 0 Å². The van der Waals surface area contributed by atoms with Gasteiger partial charge in [0.25, 0.3) is 0 Å². The number of hydrogen-bond acceptors (Lipinski definition) is 4. The molecule has 0 saturated carbocycles. The molecule has 1 heterocycles. The van der Waals surface area contributed by atoms with E-state index in [0.29, 0.717) is 22.2 Å². The van der Waals surface area contributed by atoms with Gasteiger partial charge in [0.2, 0.25) is 0 Å². The quantitative estimate of drug-likeness (QED) is 0.523. The molecule has 0 saturated heterocycles. The molecule has 94 valence electrons. The molecule has 0 fully saturated rings. The van der Waals surface area contributed by atoms with Crippen LogP contribution in [0.4, 0.5) is 0 Å². The van der Waals surface area contributed by atoms with E-state index in [9.17, 15) is 9.59 Å². The third-order valence-electron chi connectivity index (χ3n) is 2.16. The fourth-order valence-electron chi connectivity index (χ4n) is 1.49. The fraction of sp³-hybridized carbons (Fsp3) is 0.455. The highest BCUT2D eigenvalue weighted by molar-refractivity contribution is 14.1. The maximum absolute atomic E-state index is 11.7. The molecule has 0 aromatic heterocycles. The number of halogens is 2. The van der Waals surface area contributed by atoms with Crippen LogP contribution in [0.2, 0.25) is 0 Å². The third kappa shape index (κ3) is 3.54. The molecule has 17 heavy (non-hydrogen) atoms. The molecule has 4 nitrogen and oxygen atoms in total. The van der Waals surface area contributed by atoms with Gasteiger partial charge in [-0.1, -0.05) is 13.3 Å². The van der Waals surface area contributed by atoms with Crippen molar-refractivity contribution in [2.45, 2.75) is 32.8 Å². The molecule has 1 aliphatic heterocycles. The largest absolute Gasteiger partial charge is 0.457 e.